The standard InChI is InChI=1S/C12H18O2/c1-5-11(6-2)8-7-9-14-12(13)10(3)4/h5-6,11H,1-3,7-9H2,4H3. The Bertz CT molecular complexity index is 220. The largest absolute Gasteiger partial charge is 0.462 e. The molecule has 0 saturated carbocycles. The Labute approximate surface area is 86.0 Å². The van der Waals surface area contributed by atoms with Crippen LogP contribution >= 0.6 is 0 Å². The third-order valence-electron chi connectivity index (χ3n) is 1.87. The van der Waals surface area contributed by atoms with Gasteiger partial charge in [0.2, 0.25) is 0 Å². The molecule has 0 aromatic carbocycles. The predicted molar refractivity (Wildman–Crippen MR) is 58.9 cm³/mol. The summed E-state index contributed by atoms with van der Waals surface area (Å²) in [6, 6.07) is 0. The van der Waals surface area contributed by atoms with Crippen LogP contribution in [0.3, 0.4) is 0 Å². The third-order valence-corrected chi connectivity index (χ3v) is 1.87. The Balaban J connectivity index is 3.55. The Morgan fingerprint density at radius 1 is 1.43 bits per heavy atom. The summed E-state index contributed by atoms with van der Waals surface area (Å²) in [6.45, 7) is 12.9. The van der Waals surface area contributed by atoms with Crippen molar-refractivity contribution in [2.24, 2.45) is 5.92 Å². The molecule has 0 unspecified atom stereocenters. The normalized spacial score (nSPS) is 9.57. The molecule has 0 bridgehead atoms. The minimum absolute atomic E-state index is 0.304. The van der Waals surface area contributed by atoms with Crippen LogP contribution in [0, 0.1) is 5.92 Å². The lowest BCUT2D eigenvalue weighted by Crippen LogP contribution is -2.07. The summed E-state index contributed by atoms with van der Waals surface area (Å²) >= 11 is 0. The summed E-state index contributed by atoms with van der Waals surface area (Å²) in [4.78, 5) is 11.0. The molecule has 0 aliphatic heterocycles. The molecular formula is C12H18O2. The van der Waals surface area contributed by atoms with Crippen molar-refractivity contribution in [2.75, 3.05) is 6.61 Å². The first kappa shape index (κ1) is 12.7. The van der Waals surface area contributed by atoms with Crippen LogP contribution in [0.1, 0.15) is 19.8 Å². The molecule has 0 heterocycles. The fourth-order valence-corrected chi connectivity index (χ4v) is 0.939. The van der Waals surface area contributed by atoms with Gasteiger partial charge in [0.05, 0.1) is 6.61 Å². The number of rotatable bonds is 7. The Kier molecular flexibility index (Phi) is 6.46. The van der Waals surface area contributed by atoms with Gasteiger partial charge in [-0.05, 0) is 25.7 Å². The van der Waals surface area contributed by atoms with E-state index in [0.29, 0.717) is 18.1 Å². The molecule has 0 amide bonds. The first-order chi connectivity index (χ1) is 6.61. The average Bonchev–Trinajstić information content (AvgIpc) is 2.17. The average molecular weight is 194 g/mol. The van der Waals surface area contributed by atoms with Crippen molar-refractivity contribution in [3.05, 3.63) is 37.5 Å². The maximum atomic E-state index is 11.0. The van der Waals surface area contributed by atoms with E-state index >= 15 is 0 Å². The zero-order valence-corrected chi connectivity index (χ0v) is 8.79. The molecule has 0 aliphatic rings. The molecule has 2 nitrogen and oxygen atoms in total. The summed E-state index contributed by atoms with van der Waals surface area (Å²) < 4.78 is 4.94. The second-order valence-electron chi connectivity index (χ2n) is 3.19. The van der Waals surface area contributed by atoms with Crippen LogP contribution in [-0.2, 0) is 9.53 Å². The molecule has 78 valence electrons. The Morgan fingerprint density at radius 3 is 2.43 bits per heavy atom. The van der Waals surface area contributed by atoms with Crippen molar-refractivity contribution in [1.82, 2.24) is 0 Å². The van der Waals surface area contributed by atoms with Crippen LogP contribution in [0.15, 0.2) is 37.5 Å². The molecule has 0 aromatic heterocycles. The SMILES string of the molecule is C=CC(C=C)CCCOC(=O)C(=C)C. The highest BCUT2D eigenvalue weighted by molar-refractivity contribution is 5.86. The van der Waals surface area contributed by atoms with E-state index < -0.39 is 0 Å². The van der Waals surface area contributed by atoms with Gasteiger partial charge in [-0.25, -0.2) is 4.79 Å². The third kappa shape index (κ3) is 5.36. The second-order valence-corrected chi connectivity index (χ2v) is 3.19. The lowest BCUT2D eigenvalue weighted by Gasteiger charge is -2.07. The summed E-state index contributed by atoms with van der Waals surface area (Å²) in [5, 5.41) is 0. The molecule has 0 aromatic rings. The first-order valence-electron chi connectivity index (χ1n) is 4.69. The Hall–Kier alpha value is -1.31. The fourth-order valence-electron chi connectivity index (χ4n) is 0.939. The van der Waals surface area contributed by atoms with Crippen LogP contribution in [0.4, 0.5) is 0 Å². The number of hydrogen-bond donors (Lipinski definition) is 0. The Morgan fingerprint density at radius 2 is 2.00 bits per heavy atom. The summed E-state index contributed by atoms with van der Waals surface area (Å²) in [5.74, 6) is -0.0164. The van der Waals surface area contributed by atoms with E-state index in [-0.39, 0.29) is 5.97 Å². The van der Waals surface area contributed by atoms with Gasteiger partial charge in [-0.3, -0.25) is 0 Å². The van der Waals surface area contributed by atoms with Crippen LogP contribution in [0.2, 0.25) is 0 Å². The molecular weight excluding hydrogens is 176 g/mol. The van der Waals surface area contributed by atoms with Crippen LogP contribution in [-0.4, -0.2) is 12.6 Å². The van der Waals surface area contributed by atoms with E-state index in [1.54, 1.807) is 6.92 Å². The lowest BCUT2D eigenvalue weighted by molar-refractivity contribution is -0.139. The quantitative estimate of drug-likeness (QED) is 0.269. The molecule has 2 heteroatoms. The van der Waals surface area contributed by atoms with E-state index in [0.717, 1.165) is 12.8 Å². The molecule has 0 spiro atoms. The highest BCUT2D eigenvalue weighted by Gasteiger charge is 2.03. The number of esters is 1. The van der Waals surface area contributed by atoms with Gasteiger partial charge in [-0.1, -0.05) is 18.7 Å². The van der Waals surface area contributed by atoms with E-state index in [4.69, 9.17) is 4.74 Å². The van der Waals surface area contributed by atoms with Crippen LogP contribution in [0.5, 0.6) is 0 Å². The predicted octanol–water partition coefficient (Wildman–Crippen LogP) is 2.87. The minimum atomic E-state index is -0.321. The van der Waals surface area contributed by atoms with Gasteiger partial charge in [0.25, 0.3) is 0 Å². The fraction of sp³-hybridized carbons (Fsp3) is 0.417. The van der Waals surface area contributed by atoms with Gasteiger partial charge in [-0.15, -0.1) is 13.2 Å². The summed E-state index contributed by atoms with van der Waals surface area (Å²) in [6.07, 6.45) is 5.42. The highest BCUT2D eigenvalue weighted by Crippen LogP contribution is 2.08. The van der Waals surface area contributed by atoms with Crippen LogP contribution < -0.4 is 0 Å². The van der Waals surface area contributed by atoms with E-state index in [1.807, 2.05) is 12.2 Å². The van der Waals surface area contributed by atoms with Crippen molar-refractivity contribution < 1.29 is 9.53 Å². The molecule has 0 atom stereocenters. The van der Waals surface area contributed by atoms with Gasteiger partial charge in [0.1, 0.15) is 0 Å². The molecule has 0 aliphatic carbocycles. The first-order valence-corrected chi connectivity index (χ1v) is 4.69. The second kappa shape index (κ2) is 7.13. The molecule has 0 N–H and O–H groups in total. The topological polar surface area (TPSA) is 26.3 Å². The zero-order chi connectivity index (χ0) is 11.0. The minimum Gasteiger partial charge on any atom is -0.462 e. The molecule has 0 radical (unpaired) electrons. The van der Waals surface area contributed by atoms with Crippen molar-refractivity contribution in [3.63, 3.8) is 0 Å². The van der Waals surface area contributed by atoms with Crippen molar-refractivity contribution in [2.45, 2.75) is 19.8 Å². The van der Waals surface area contributed by atoms with Gasteiger partial charge < -0.3 is 4.74 Å². The monoisotopic (exact) mass is 194 g/mol. The highest BCUT2D eigenvalue weighted by atomic mass is 16.5. The zero-order valence-electron chi connectivity index (χ0n) is 8.79. The van der Waals surface area contributed by atoms with Gasteiger partial charge in [-0.2, -0.15) is 0 Å². The molecule has 14 heavy (non-hydrogen) atoms. The molecule has 0 saturated heterocycles. The van der Waals surface area contributed by atoms with Crippen molar-refractivity contribution in [3.8, 4) is 0 Å². The number of allylic oxidation sites excluding steroid dienone is 2. The van der Waals surface area contributed by atoms with Crippen molar-refractivity contribution in [1.29, 1.82) is 0 Å². The van der Waals surface area contributed by atoms with E-state index in [1.165, 1.54) is 0 Å². The van der Waals surface area contributed by atoms with Gasteiger partial charge >= 0.3 is 5.97 Å². The maximum Gasteiger partial charge on any atom is 0.333 e. The van der Waals surface area contributed by atoms with Gasteiger partial charge in [0.15, 0.2) is 0 Å². The molecule has 0 rings (SSSR count). The van der Waals surface area contributed by atoms with E-state index in [9.17, 15) is 4.79 Å². The van der Waals surface area contributed by atoms with Crippen LogP contribution in [0.25, 0.3) is 0 Å². The smallest absolute Gasteiger partial charge is 0.333 e. The lowest BCUT2D eigenvalue weighted by atomic mass is 10.0. The maximum absolute atomic E-state index is 11.0. The number of carbonyl (C=O) groups is 1. The van der Waals surface area contributed by atoms with Gasteiger partial charge in [0, 0.05) is 5.57 Å². The summed E-state index contributed by atoms with van der Waals surface area (Å²) in [5.41, 5.74) is 0.439. The summed E-state index contributed by atoms with van der Waals surface area (Å²) in [7, 11) is 0. The number of ether oxygens (including phenoxy) is 1. The van der Waals surface area contributed by atoms with E-state index in [2.05, 4.69) is 19.7 Å². The van der Waals surface area contributed by atoms with Crippen molar-refractivity contribution >= 4 is 5.97 Å². The number of hydrogen-bond acceptors (Lipinski definition) is 2. The molecule has 0 fully saturated rings. The number of carbonyl (C=O) groups excluding carboxylic acids is 1.